The van der Waals surface area contributed by atoms with Crippen molar-refractivity contribution in [3.05, 3.63) is 39.3 Å². The van der Waals surface area contributed by atoms with Crippen molar-refractivity contribution < 1.29 is 17.9 Å². The predicted molar refractivity (Wildman–Crippen MR) is 122 cm³/mol. The lowest BCUT2D eigenvalue weighted by molar-refractivity contribution is -0.110. The molecule has 0 aliphatic carbocycles. The summed E-state index contributed by atoms with van der Waals surface area (Å²) in [6.07, 6.45) is 8.04. The Morgan fingerprint density at radius 1 is 1.42 bits per heavy atom. The average Bonchev–Trinajstić information content (AvgIpc) is 3.34. The van der Waals surface area contributed by atoms with Crippen molar-refractivity contribution >= 4 is 21.2 Å². The fraction of sp³-hybridized carbons (Fsp3) is 0.682. The van der Waals surface area contributed by atoms with E-state index in [2.05, 4.69) is 23.0 Å². The molecule has 0 bridgehead atoms. The number of piperidine rings is 1. The SMILES string of the molecule is CCOCc1cc2c(s1)[C@]1(CCN(Cc3cnn(CCS(C)(=O)=O)c3)[C@@H](C)C1)OCC2. The minimum absolute atomic E-state index is 0.114. The second kappa shape index (κ2) is 9.31. The third kappa shape index (κ3) is 5.39. The van der Waals surface area contributed by atoms with Gasteiger partial charge in [-0.2, -0.15) is 5.10 Å². The summed E-state index contributed by atoms with van der Waals surface area (Å²) in [5, 5.41) is 4.34. The molecule has 2 aliphatic heterocycles. The highest BCUT2D eigenvalue weighted by molar-refractivity contribution is 7.90. The van der Waals surface area contributed by atoms with Crippen LogP contribution in [0, 0.1) is 0 Å². The molecule has 0 unspecified atom stereocenters. The number of sulfone groups is 1. The lowest BCUT2D eigenvalue weighted by Crippen LogP contribution is -2.49. The summed E-state index contributed by atoms with van der Waals surface area (Å²) in [5.74, 6) is 0.114. The normalized spacial score (nSPS) is 24.5. The smallest absolute Gasteiger partial charge is 0.149 e. The van der Waals surface area contributed by atoms with Gasteiger partial charge in [0.05, 0.1) is 31.7 Å². The zero-order valence-electron chi connectivity index (χ0n) is 18.7. The molecule has 4 heterocycles. The molecule has 0 aromatic carbocycles. The molecule has 2 aromatic rings. The summed E-state index contributed by atoms with van der Waals surface area (Å²) < 4.78 is 36.6. The van der Waals surface area contributed by atoms with Gasteiger partial charge in [0.1, 0.15) is 15.4 Å². The van der Waals surface area contributed by atoms with Gasteiger partial charge in [0.15, 0.2) is 0 Å². The van der Waals surface area contributed by atoms with Crippen LogP contribution in [0.25, 0.3) is 0 Å². The van der Waals surface area contributed by atoms with Crippen molar-refractivity contribution in [1.29, 1.82) is 0 Å². The molecule has 172 valence electrons. The molecule has 2 atom stereocenters. The molecular formula is C22H33N3O4S2. The minimum atomic E-state index is -2.99. The molecule has 4 rings (SSSR count). The Bertz CT molecular complexity index is 1000. The van der Waals surface area contributed by atoms with Crippen molar-refractivity contribution in [3.8, 4) is 0 Å². The largest absolute Gasteiger partial charge is 0.376 e. The van der Waals surface area contributed by atoms with Crippen LogP contribution in [-0.4, -0.2) is 60.9 Å². The first kappa shape index (κ1) is 22.9. The first-order valence-corrected chi connectivity index (χ1v) is 13.9. The Morgan fingerprint density at radius 3 is 3.00 bits per heavy atom. The van der Waals surface area contributed by atoms with E-state index in [-0.39, 0.29) is 11.4 Å². The molecule has 2 aromatic heterocycles. The highest BCUT2D eigenvalue weighted by Gasteiger charge is 2.44. The van der Waals surface area contributed by atoms with Crippen molar-refractivity contribution in [2.24, 2.45) is 0 Å². The second-order valence-electron chi connectivity index (χ2n) is 8.81. The molecule has 2 aliphatic rings. The number of aromatic nitrogens is 2. The monoisotopic (exact) mass is 467 g/mol. The van der Waals surface area contributed by atoms with E-state index in [4.69, 9.17) is 9.47 Å². The number of ether oxygens (including phenoxy) is 2. The zero-order chi connectivity index (χ0) is 22.1. The van der Waals surface area contributed by atoms with Crippen LogP contribution in [0.5, 0.6) is 0 Å². The Morgan fingerprint density at radius 2 is 2.26 bits per heavy atom. The fourth-order valence-electron chi connectivity index (χ4n) is 4.68. The van der Waals surface area contributed by atoms with Crippen molar-refractivity contribution in [2.75, 3.05) is 31.8 Å². The number of rotatable bonds is 8. The number of hydrogen-bond acceptors (Lipinski definition) is 7. The van der Waals surface area contributed by atoms with E-state index >= 15 is 0 Å². The Labute approximate surface area is 189 Å². The Hall–Kier alpha value is -1.26. The summed E-state index contributed by atoms with van der Waals surface area (Å²) in [6, 6.07) is 2.71. The summed E-state index contributed by atoms with van der Waals surface area (Å²) in [5.41, 5.74) is 2.40. The van der Waals surface area contributed by atoms with Gasteiger partial charge in [0.25, 0.3) is 0 Å². The number of fused-ring (bicyclic) bond motifs is 2. The number of hydrogen-bond donors (Lipinski definition) is 0. The number of likely N-dealkylation sites (tertiary alicyclic amines) is 1. The maximum absolute atomic E-state index is 11.4. The zero-order valence-corrected chi connectivity index (χ0v) is 20.3. The van der Waals surface area contributed by atoms with Crippen molar-refractivity contribution in [2.45, 2.75) is 64.4 Å². The van der Waals surface area contributed by atoms with Gasteiger partial charge in [0.2, 0.25) is 0 Å². The lowest BCUT2D eigenvalue weighted by Gasteiger charge is -2.47. The molecule has 7 nitrogen and oxygen atoms in total. The third-order valence-electron chi connectivity index (χ3n) is 6.29. The van der Waals surface area contributed by atoms with Gasteiger partial charge in [-0.05, 0) is 44.7 Å². The third-order valence-corrected chi connectivity index (χ3v) is 8.55. The fourth-order valence-corrected chi connectivity index (χ4v) is 6.53. The number of aryl methyl sites for hydroxylation is 1. The molecule has 9 heteroatoms. The van der Waals surface area contributed by atoms with E-state index in [0.29, 0.717) is 19.2 Å². The first-order valence-electron chi connectivity index (χ1n) is 11.0. The molecule has 0 saturated carbocycles. The topological polar surface area (TPSA) is 73.7 Å². The maximum Gasteiger partial charge on any atom is 0.149 e. The number of thiophene rings is 1. The van der Waals surface area contributed by atoms with Gasteiger partial charge in [0, 0.05) is 53.5 Å². The van der Waals surface area contributed by atoms with Crippen LogP contribution in [0.3, 0.4) is 0 Å². The van der Waals surface area contributed by atoms with Crippen molar-refractivity contribution in [3.63, 3.8) is 0 Å². The van der Waals surface area contributed by atoms with Gasteiger partial charge >= 0.3 is 0 Å². The van der Waals surface area contributed by atoms with Crippen LogP contribution < -0.4 is 0 Å². The highest BCUT2D eigenvalue weighted by atomic mass is 32.2. The quantitative estimate of drug-likeness (QED) is 0.594. The van der Waals surface area contributed by atoms with Gasteiger partial charge in [-0.25, -0.2) is 8.42 Å². The molecule has 0 radical (unpaired) electrons. The van der Waals surface area contributed by atoms with Gasteiger partial charge < -0.3 is 9.47 Å². The standard InChI is InChI=1S/C22H33N3O4S2/c1-4-28-16-20-11-19-5-9-29-22(21(19)30-20)6-7-24(17(2)12-22)14-18-13-23-25(15-18)8-10-31(3,26)27/h11,13,15,17H,4-10,12,14,16H2,1-3H3/t17-,22+/m0/s1. The molecule has 1 spiro atoms. The van der Waals surface area contributed by atoms with E-state index in [1.54, 1.807) is 4.68 Å². The van der Waals surface area contributed by atoms with Crippen LogP contribution in [0.4, 0.5) is 0 Å². The Balaban J connectivity index is 1.41. The first-order chi connectivity index (χ1) is 14.8. The van der Waals surface area contributed by atoms with E-state index in [1.165, 1.54) is 21.6 Å². The molecule has 31 heavy (non-hydrogen) atoms. The van der Waals surface area contributed by atoms with Crippen LogP contribution in [-0.2, 0) is 51.0 Å². The summed E-state index contributed by atoms with van der Waals surface area (Å²) in [7, 11) is -2.99. The molecule has 0 N–H and O–H groups in total. The highest BCUT2D eigenvalue weighted by Crippen LogP contribution is 2.47. The van der Waals surface area contributed by atoms with Crippen LogP contribution in [0.2, 0.25) is 0 Å². The van der Waals surface area contributed by atoms with E-state index < -0.39 is 9.84 Å². The van der Waals surface area contributed by atoms with Crippen molar-refractivity contribution in [1.82, 2.24) is 14.7 Å². The van der Waals surface area contributed by atoms with Gasteiger partial charge in [-0.1, -0.05) is 0 Å². The molecule has 1 fully saturated rings. The van der Waals surface area contributed by atoms with Gasteiger partial charge in [-0.3, -0.25) is 9.58 Å². The average molecular weight is 468 g/mol. The molecule has 1 saturated heterocycles. The van der Waals surface area contributed by atoms with Gasteiger partial charge in [-0.15, -0.1) is 11.3 Å². The summed E-state index contributed by atoms with van der Waals surface area (Å²) in [6.45, 7) is 8.72. The van der Waals surface area contributed by atoms with Crippen LogP contribution in [0.15, 0.2) is 18.5 Å². The van der Waals surface area contributed by atoms with Crippen LogP contribution >= 0.6 is 11.3 Å². The lowest BCUT2D eigenvalue weighted by atomic mass is 9.82. The molecular weight excluding hydrogens is 434 g/mol. The Kier molecular flexibility index (Phi) is 6.88. The summed E-state index contributed by atoms with van der Waals surface area (Å²) >= 11 is 1.87. The summed E-state index contributed by atoms with van der Waals surface area (Å²) in [4.78, 5) is 5.19. The molecule has 0 amide bonds. The predicted octanol–water partition coefficient (Wildman–Crippen LogP) is 2.98. The van der Waals surface area contributed by atoms with E-state index in [1.807, 2.05) is 30.7 Å². The second-order valence-corrected chi connectivity index (χ2v) is 12.2. The number of nitrogens with zero attached hydrogens (tertiary/aromatic N) is 3. The van der Waals surface area contributed by atoms with Crippen LogP contribution in [0.1, 0.15) is 47.6 Å². The van der Waals surface area contributed by atoms with E-state index in [0.717, 1.165) is 51.1 Å². The van der Waals surface area contributed by atoms with E-state index in [9.17, 15) is 8.42 Å². The maximum atomic E-state index is 11.4. The minimum Gasteiger partial charge on any atom is -0.376 e.